The zero-order valence-electron chi connectivity index (χ0n) is 9.45. The number of imidazole rings is 1. The zero-order valence-corrected chi connectivity index (χ0v) is 9.45. The van der Waals surface area contributed by atoms with Crippen molar-refractivity contribution in [1.29, 1.82) is 0 Å². The third-order valence-electron chi connectivity index (χ3n) is 2.33. The van der Waals surface area contributed by atoms with Crippen molar-refractivity contribution in [1.82, 2.24) is 14.9 Å². The molecule has 0 unspecified atom stereocenters. The van der Waals surface area contributed by atoms with Crippen LogP contribution >= 0.6 is 0 Å². The molecule has 3 N–H and O–H groups in total. The third kappa shape index (κ3) is 3.06. The Morgan fingerprint density at radius 1 is 1.67 bits per heavy atom. The molecule has 0 bridgehead atoms. The number of aryl methyl sites for hydroxylation is 1. The van der Waals surface area contributed by atoms with Crippen molar-refractivity contribution in [2.45, 2.75) is 13.8 Å². The number of nitrogens with one attached hydrogen (secondary N) is 1. The maximum atomic E-state index is 11.7. The first-order valence-corrected chi connectivity index (χ1v) is 4.91. The van der Waals surface area contributed by atoms with Gasteiger partial charge in [-0.1, -0.05) is 13.8 Å². The minimum Gasteiger partial charge on any atom is -0.350 e. The number of carbonyl (C=O) groups excluding carboxylic acids is 1. The predicted molar refractivity (Wildman–Crippen MR) is 58.4 cm³/mol. The van der Waals surface area contributed by atoms with Gasteiger partial charge in [0, 0.05) is 13.6 Å². The summed E-state index contributed by atoms with van der Waals surface area (Å²) in [5.41, 5.74) is 6.06. The number of hydrogen-bond donors (Lipinski definition) is 2. The van der Waals surface area contributed by atoms with Crippen LogP contribution in [0.1, 0.15) is 24.3 Å². The van der Waals surface area contributed by atoms with Gasteiger partial charge in [0.2, 0.25) is 0 Å². The molecule has 1 heterocycles. The molecule has 5 heteroatoms. The lowest BCUT2D eigenvalue weighted by Gasteiger charge is -2.22. The molecule has 0 fully saturated rings. The highest BCUT2D eigenvalue weighted by Crippen LogP contribution is 2.10. The Bertz CT molecular complexity index is 343. The Hall–Kier alpha value is -1.36. The number of nitrogens with zero attached hydrogens (tertiary/aromatic N) is 2. The topological polar surface area (TPSA) is 72.9 Å². The second kappa shape index (κ2) is 4.44. The highest BCUT2D eigenvalue weighted by Gasteiger charge is 2.18. The highest BCUT2D eigenvalue weighted by atomic mass is 16.1. The molecule has 0 radical (unpaired) electrons. The van der Waals surface area contributed by atoms with Crippen LogP contribution in [0.4, 0.5) is 0 Å². The van der Waals surface area contributed by atoms with Gasteiger partial charge in [-0.25, -0.2) is 4.98 Å². The van der Waals surface area contributed by atoms with E-state index in [1.54, 1.807) is 24.1 Å². The van der Waals surface area contributed by atoms with Crippen LogP contribution in [0, 0.1) is 5.41 Å². The van der Waals surface area contributed by atoms with Crippen molar-refractivity contribution in [2.75, 3.05) is 13.1 Å². The molecule has 1 rings (SSSR count). The molecule has 84 valence electrons. The van der Waals surface area contributed by atoms with Crippen LogP contribution in [-0.4, -0.2) is 28.5 Å². The second-order valence-corrected chi connectivity index (χ2v) is 4.44. The van der Waals surface area contributed by atoms with Gasteiger partial charge in [0.25, 0.3) is 5.91 Å². The van der Waals surface area contributed by atoms with Gasteiger partial charge in [-0.05, 0) is 12.0 Å². The molecule has 0 atom stereocenters. The molecule has 1 amide bonds. The minimum atomic E-state index is -0.114. The van der Waals surface area contributed by atoms with Gasteiger partial charge in [-0.3, -0.25) is 4.79 Å². The molecule has 0 aromatic carbocycles. The average Bonchev–Trinajstić information content (AvgIpc) is 2.61. The van der Waals surface area contributed by atoms with Crippen LogP contribution in [-0.2, 0) is 7.05 Å². The molecule has 0 saturated heterocycles. The van der Waals surface area contributed by atoms with Crippen LogP contribution in [0.3, 0.4) is 0 Å². The Kier molecular flexibility index (Phi) is 3.47. The van der Waals surface area contributed by atoms with Gasteiger partial charge in [0.15, 0.2) is 0 Å². The molecule has 1 aromatic heterocycles. The van der Waals surface area contributed by atoms with Crippen LogP contribution in [0.25, 0.3) is 0 Å². The van der Waals surface area contributed by atoms with E-state index in [-0.39, 0.29) is 11.3 Å². The molecule has 0 aliphatic rings. The maximum Gasteiger partial charge on any atom is 0.269 e. The van der Waals surface area contributed by atoms with E-state index in [2.05, 4.69) is 10.3 Å². The first kappa shape index (κ1) is 11.7. The number of aromatic nitrogens is 2. The fourth-order valence-corrected chi connectivity index (χ4v) is 1.06. The van der Waals surface area contributed by atoms with Gasteiger partial charge >= 0.3 is 0 Å². The van der Waals surface area contributed by atoms with E-state index in [0.29, 0.717) is 18.8 Å². The van der Waals surface area contributed by atoms with Crippen molar-refractivity contribution in [3.8, 4) is 0 Å². The van der Waals surface area contributed by atoms with Crippen LogP contribution in [0.5, 0.6) is 0 Å². The fraction of sp³-hybridized carbons (Fsp3) is 0.600. The van der Waals surface area contributed by atoms with E-state index in [9.17, 15) is 4.79 Å². The predicted octanol–water partition coefficient (Wildman–Crippen LogP) is 0.135. The SMILES string of the molecule is Cn1cncc1C(=O)NCC(C)(C)CN. The largest absolute Gasteiger partial charge is 0.350 e. The van der Waals surface area contributed by atoms with E-state index < -0.39 is 0 Å². The van der Waals surface area contributed by atoms with Crippen LogP contribution < -0.4 is 11.1 Å². The van der Waals surface area contributed by atoms with Gasteiger partial charge in [-0.15, -0.1) is 0 Å². The number of carbonyl (C=O) groups is 1. The second-order valence-electron chi connectivity index (χ2n) is 4.44. The Morgan fingerprint density at radius 2 is 2.33 bits per heavy atom. The molecule has 1 aromatic rings. The van der Waals surface area contributed by atoms with Gasteiger partial charge in [-0.2, -0.15) is 0 Å². The lowest BCUT2D eigenvalue weighted by molar-refractivity contribution is 0.0929. The molecule has 15 heavy (non-hydrogen) atoms. The fourth-order valence-electron chi connectivity index (χ4n) is 1.06. The molecular weight excluding hydrogens is 192 g/mol. The summed E-state index contributed by atoms with van der Waals surface area (Å²) >= 11 is 0. The Morgan fingerprint density at radius 3 is 2.80 bits per heavy atom. The number of amides is 1. The van der Waals surface area contributed by atoms with Crippen molar-refractivity contribution in [2.24, 2.45) is 18.2 Å². The standard InChI is InChI=1S/C10H18N4O/c1-10(2,5-11)6-13-9(15)8-4-12-7-14(8)3/h4,7H,5-6,11H2,1-3H3,(H,13,15). The monoisotopic (exact) mass is 210 g/mol. The lowest BCUT2D eigenvalue weighted by atomic mass is 9.94. The zero-order chi connectivity index (χ0) is 11.5. The first-order valence-electron chi connectivity index (χ1n) is 4.91. The van der Waals surface area contributed by atoms with Crippen molar-refractivity contribution in [3.63, 3.8) is 0 Å². The summed E-state index contributed by atoms with van der Waals surface area (Å²) in [4.78, 5) is 15.6. The first-order chi connectivity index (χ1) is 6.96. The number of hydrogen-bond acceptors (Lipinski definition) is 3. The highest BCUT2D eigenvalue weighted by molar-refractivity contribution is 5.92. The summed E-state index contributed by atoms with van der Waals surface area (Å²) < 4.78 is 1.69. The molecule has 0 aliphatic heterocycles. The van der Waals surface area contributed by atoms with Crippen molar-refractivity contribution < 1.29 is 4.79 Å². The number of rotatable bonds is 4. The summed E-state index contributed by atoms with van der Waals surface area (Å²) in [6.07, 6.45) is 3.15. The van der Waals surface area contributed by atoms with E-state index >= 15 is 0 Å². The summed E-state index contributed by atoms with van der Waals surface area (Å²) in [6, 6.07) is 0. The van der Waals surface area contributed by atoms with Gasteiger partial charge in [0.1, 0.15) is 5.69 Å². The summed E-state index contributed by atoms with van der Waals surface area (Å²) in [7, 11) is 1.79. The summed E-state index contributed by atoms with van der Waals surface area (Å²) in [6.45, 7) is 5.12. The Balaban J connectivity index is 2.55. The van der Waals surface area contributed by atoms with Crippen LogP contribution in [0.15, 0.2) is 12.5 Å². The van der Waals surface area contributed by atoms with E-state index in [1.807, 2.05) is 13.8 Å². The van der Waals surface area contributed by atoms with E-state index in [4.69, 9.17) is 5.73 Å². The maximum absolute atomic E-state index is 11.7. The van der Waals surface area contributed by atoms with E-state index in [1.165, 1.54) is 0 Å². The Labute approximate surface area is 89.7 Å². The van der Waals surface area contributed by atoms with Crippen molar-refractivity contribution >= 4 is 5.91 Å². The van der Waals surface area contributed by atoms with Gasteiger partial charge < -0.3 is 15.6 Å². The molecule has 5 nitrogen and oxygen atoms in total. The summed E-state index contributed by atoms with van der Waals surface area (Å²) in [5, 5.41) is 2.84. The number of nitrogens with two attached hydrogens (primary N) is 1. The van der Waals surface area contributed by atoms with E-state index in [0.717, 1.165) is 0 Å². The van der Waals surface area contributed by atoms with Crippen LogP contribution in [0.2, 0.25) is 0 Å². The molecule has 0 aliphatic carbocycles. The average molecular weight is 210 g/mol. The van der Waals surface area contributed by atoms with Gasteiger partial charge in [0.05, 0.1) is 12.5 Å². The molecule has 0 spiro atoms. The normalized spacial score (nSPS) is 11.5. The molecule has 0 saturated carbocycles. The lowest BCUT2D eigenvalue weighted by Crippen LogP contribution is -2.38. The third-order valence-corrected chi connectivity index (χ3v) is 2.33. The summed E-state index contributed by atoms with van der Waals surface area (Å²) in [5.74, 6) is -0.114. The minimum absolute atomic E-state index is 0.0751. The van der Waals surface area contributed by atoms with Crippen molar-refractivity contribution in [3.05, 3.63) is 18.2 Å². The quantitative estimate of drug-likeness (QED) is 0.742. The molecular formula is C10H18N4O. The smallest absolute Gasteiger partial charge is 0.269 e.